The molecule has 0 saturated heterocycles. The van der Waals surface area contributed by atoms with Gasteiger partial charge in [0.05, 0.1) is 11.3 Å². The van der Waals surface area contributed by atoms with Crippen molar-refractivity contribution in [3.05, 3.63) is 47.2 Å². The smallest absolute Gasteiger partial charge is 0.181 e. The van der Waals surface area contributed by atoms with E-state index in [9.17, 15) is 4.39 Å². The predicted molar refractivity (Wildman–Crippen MR) is 66.9 cm³/mol. The van der Waals surface area contributed by atoms with Gasteiger partial charge >= 0.3 is 0 Å². The van der Waals surface area contributed by atoms with Crippen molar-refractivity contribution in [2.45, 2.75) is 6.92 Å². The number of furan rings is 1. The van der Waals surface area contributed by atoms with Crippen molar-refractivity contribution in [1.82, 2.24) is 9.97 Å². The summed E-state index contributed by atoms with van der Waals surface area (Å²) in [6, 6.07) is 7.50. The Morgan fingerprint density at radius 3 is 2.78 bits per heavy atom. The Hall–Kier alpha value is -1.94. The van der Waals surface area contributed by atoms with Crippen LogP contribution in [0.5, 0.6) is 0 Å². The zero-order valence-corrected chi connectivity index (χ0v) is 10.2. The summed E-state index contributed by atoms with van der Waals surface area (Å²) in [5.41, 5.74) is 1.65. The van der Waals surface area contributed by atoms with Gasteiger partial charge in [0, 0.05) is 5.39 Å². The van der Waals surface area contributed by atoms with Gasteiger partial charge in [-0.3, -0.25) is 0 Å². The quantitative estimate of drug-likeness (QED) is 0.623. The molecule has 2 aromatic heterocycles. The summed E-state index contributed by atoms with van der Waals surface area (Å²) in [5.74, 6) is -0.225. The molecule has 2 heterocycles. The first kappa shape index (κ1) is 11.2. The Balaban J connectivity index is 2.26. The first-order chi connectivity index (χ1) is 8.66. The van der Waals surface area contributed by atoms with Crippen LogP contribution >= 0.6 is 11.6 Å². The highest BCUT2D eigenvalue weighted by Crippen LogP contribution is 2.29. The van der Waals surface area contributed by atoms with Crippen LogP contribution in [-0.2, 0) is 0 Å². The summed E-state index contributed by atoms with van der Waals surface area (Å²) in [6.45, 7) is 1.55. The summed E-state index contributed by atoms with van der Waals surface area (Å²) in [6.07, 6.45) is 1.55. The molecule has 90 valence electrons. The van der Waals surface area contributed by atoms with E-state index in [1.165, 1.54) is 0 Å². The lowest BCUT2D eigenvalue weighted by Crippen LogP contribution is -1.96. The van der Waals surface area contributed by atoms with Gasteiger partial charge in [-0.2, -0.15) is 0 Å². The Labute approximate surface area is 107 Å². The van der Waals surface area contributed by atoms with Crippen LogP contribution in [0.3, 0.4) is 0 Å². The lowest BCUT2D eigenvalue weighted by atomic mass is 10.1. The Bertz CT molecular complexity index is 716. The molecule has 3 rings (SSSR count). The summed E-state index contributed by atoms with van der Waals surface area (Å²) >= 11 is 5.73. The van der Waals surface area contributed by atoms with Crippen molar-refractivity contribution in [2.75, 3.05) is 0 Å². The number of nitrogens with zero attached hydrogens (tertiary/aromatic N) is 2. The van der Waals surface area contributed by atoms with E-state index >= 15 is 0 Å². The zero-order valence-electron chi connectivity index (χ0n) is 9.45. The molecular formula is C13H8ClFN2O. The van der Waals surface area contributed by atoms with Gasteiger partial charge in [-0.1, -0.05) is 29.8 Å². The summed E-state index contributed by atoms with van der Waals surface area (Å²) in [4.78, 5) is 8.04. The van der Waals surface area contributed by atoms with Gasteiger partial charge in [0.15, 0.2) is 16.8 Å². The van der Waals surface area contributed by atoms with Gasteiger partial charge < -0.3 is 4.42 Å². The van der Waals surface area contributed by atoms with Crippen LogP contribution in [0, 0.1) is 12.7 Å². The van der Waals surface area contributed by atoms with Crippen LogP contribution < -0.4 is 0 Å². The molecule has 0 aliphatic carbocycles. The second-order valence-corrected chi connectivity index (χ2v) is 4.24. The molecule has 0 amide bonds. The normalized spacial score (nSPS) is 11.1. The summed E-state index contributed by atoms with van der Waals surface area (Å²) < 4.78 is 18.8. The van der Waals surface area contributed by atoms with Crippen LogP contribution in [0.4, 0.5) is 4.39 Å². The van der Waals surface area contributed by atoms with Gasteiger partial charge in [-0.15, -0.1) is 0 Å². The van der Waals surface area contributed by atoms with E-state index in [1.807, 2.05) is 24.3 Å². The average molecular weight is 263 g/mol. The molecular weight excluding hydrogens is 255 g/mol. The number of hydrogen-bond acceptors (Lipinski definition) is 3. The number of halogens is 2. The van der Waals surface area contributed by atoms with E-state index in [-0.39, 0.29) is 10.8 Å². The number of para-hydroxylation sites is 1. The fourth-order valence-electron chi connectivity index (χ4n) is 1.80. The van der Waals surface area contributed by atoms with Crippen LogP contribution in [-0.4, -0.2) is 9.97 Å². The standard InChI is InChI=1S/C13H8ClFN2O/c1-7-11(15)12(14)17-13(16-7)9-6-18-10-5-3-2-4-8(9)10/h2-6H,1H3. The van der Waals surface area contributed by atoms with Crippen molar-refractivity contribution >= 4 is 22.6 Å². The van der Waals surface area contributed by atoms with Crippen molar-refractivity contribution in [3.8, 4) is 11.4 Å². The molecule has 1 aromatic carbocycles. The molecule has 18 heavy (non-hydrogen) atoms. The molecule has 0 fully saturated rings. The molecule has 0 saturated carbocycles. The van der Waals surface area contributed by atoms with E-state index in [2.05, 4.69) is 9.97 Å². The highest BCUT2D eigenvalue weighted by Gasteiger charge is 2.14. The Morgan fingerprint density at radius 2 is 2.00 bits per heavy atom. The zero-order chi connectivity index (χ0) is 12.7. The molecule has 0 aliphatic rings. The second-order valence-electron chi connectivity index (χ2n) is 3.88. The monoisotopic (exact) mass is 262 g/mol. The number of aromatic nitrogens is 2. The van der Waals surface area contributed by atoms with Crippen molar-refractivity contribution in [2.24, 2.45) is 0 Å². The highest BCUT2D eigenvalue weighted by atomic mass is 35.5. The molecule has 5 heteroatoms. The molecule has 0 N–H and O–H groups in total. The number of aryl methyl sites for hydroxylation is 1. The fraction of sp³-hybridized carbons (Fsp3) is 0.0769. The van der Waals surface area contributed by atoms with Gasteiger partial charge in [0.25, 0.3) is 0 Å². The lowest BCUT2D eigenvalue weighted by molar-refractivity contribution is 0.601. The van der Waals surface area contributed by atoms with Crippen molar-refractivity contribution < 1.29 is 8.81 Å². The van der Waals surface area contributed by atoms with Crippen LogP contribution in [0.2, 0.25) is 5.15 Å². The first-order valence-electron chi connectivity index (χ1n) is 5.33. The predicted octanol–water partition coefficient (Wildman–Crippen LogP) is 3.99. The van der Waals surface area contributed by atoms with E-state index in [0.717, 1.165) is 11.0 Å². The van der Waals surface area contributed by atoms with Crippen LogP contribution in [0.15, 0.2) is 34.9 Å². The van der Waals surface area contributed by atoms with E-state index < -0.39 is 5.82 Å². The van der Waals surface area contributed by atoms with E-state index in [0.29, 0.717) is 11.4 Å². The van der Waals surface area contributed by atoms with Gasteiger partial charge in [0.1, 0.15) is 11.8 Å². The number of rotatable bonds is 1. The lowest BCUT2D eigenvalue weighted by Gasteiger charge is -2.02. The minimum atomic E-state index is -0.590. The maximum atomic E-state index is 13.4. The number of hydrogen-bond donors (Lipinski definition) is 0. The number of fused-ring (bicyclic) bond motifs is 1. The SMILES string of the molecule is Cc1nc(-c2coc3ccccc23)nc(Cl)c1F. The molecule has 0 bridgehead atoms. The minimum absolute atomic E-state index is 0.178. The van der Waals surface area contributed by atoms with E-state index in [4.69, 9.17) is 16.0 Å². The first-order valence-corrected chi connectivity index (χ1v) is 5.71. The maximum Gasteiger partial charge on any atom is 0.181 e. The third-order valence-corrected chi connectivity index (χ3v) is 2.95. The molecule has 0 atom stereocenters. The van der Waals surface area contributed by atoms with Gasteiger partial charge in [-0.25, -0.2) is 14.4 Å². The largest absolute Gasteiger partial charge is 0.464 e. The van der Waals surface area contributed by atoms with Gasteiger partial charge in [0.2, 0.25) is 0 Å². The van der Waals surface area contributed by atoms with Crippen LogP contribution in [0.1, 0.15) is 5.69 Å². The molecule has 3 aromatic rings. The third-order valence-electron chi connectivity index (χ3n) is 2.70. The average Bonchev–Trinajstić information content (AvgIpc) is 2.79. The molecule has 0 spiro atoms. The number of benzene rings is 1. The topological polar surface area (TPSA) is 38.9 Å². The Kier molecular flexibility index (Phi) is 2.52. The van der Waals surface area contributed by atoms with E-state index in [1.54, 1.807) is 13.2 Å². The van der Waals surface area contributed by atoms with Crippen LogP contribution in [0.25, 0.3) is 22.4 Å². The maximum absolute atomic E-state index is 13.4. The van der Waals surface area contributed by atoms with Crippen molar-refractivity contribution in [3.63, 3.8) is 0 Å². The fourth-order valence-corrected chi connectivity index (χ4v) is 2.01. The molecule has 0 radical (unpaired) electrons. The highest BCUT2D eigenvalue weighted by molar-refractivity contribution is 6.29. The Morgan fingerprint density at radius 1 is 1.22 bits per heavy atom. The second kappa shape index (κ2) is 4.07. The summed E-state index contributed by atoms with van der Waals surface area (Å²) in [7, 11) is 0. The molecule has 3 nitrogen and oxygen atoms in total. The molecule has 0 aliphatic heterocycles. The third kappa shape index (κ3) is 1.66. The van der Waals surface area contributed by atoms with Gasteiger partial charge in [-0.05, 0) is 13.0 Å². The minimum Gasteiger partial charge on any atom is -0.464 e. The van der Waals surface area contributed by atoms with Crippen molar-refractivity contribution in [1.29, 1.82) is 0 Å². The summed E-state index contributed by atoms with van der Waals surface area (Å²) in [5, 5.41) is 0.697. The molecule has 0 unspecified atom stereocenters.